The van der Waals surface area contributed by atoms with Crippen LogP contribution in [-0.4, -0.2) is 40.2 Å². The molecule has 0 aliphatic rings. The molecule has 5 heteroatoms. The quantitative estimate of drug-likeness (QED) is 0.802. The zero-order valence-corrected chi connectivity index (χ0v) is 12.2. The fraction of sp³-hybridized carbons (Fsp3) is 0.312. The average Bonchev–Trinajstić information content (AvgIpc) is 2.77. The molecule has 2 aromatic heterocycles. The van der Waals surface area contributed by atoms with E-state index >= 15 is 0 Å². The summed E-state index contributed by atoms with van der Waals surface area (Å²) in [5, 5.41) is 11.7. The number of likely N-dealkylation sites (N-methyl/N-ethyl adjacent to an activating group) is 1. The van der Waals surface area contributed by atoms with Gasteiger partial charge in [-0.2, -0.15) is 0 Å². The number of aromatic hydroxyl groups is 1. The normalized spacial score (nSPS) is 11.8. The molecular weight excluding hydrogens is 269 g/mol. The second-order valence-corrected chi connectivity index (χ2v) is 5.48. The molecule has 0 aliphatic heterocycles. The van der Waals surface area contributed by atoms with Gasteiger partial charge in [-0.05, 0) is 32.3 Å². The van der Waals surface area contributed by atoms with Crippen LogP contribution in [0.15, 0.2) is 30.5 Å². The highest BCUT2D eigenvalue weighted by molar-refractivity contribution is 6.08. The predicted molar refractivity (Wildman–Crippen MR) is 82.3 cm³/mol. The van der Waals surface area contributed by atoms with Gasteiger partial charge in [-0.25, -0.2) is 4.39 Å². The number of nitrogens with zero attached hydrogens (tertiary/aromatic N) is 3. The van der Waals surface area contributed by atoms with Crippen LogP contribution >= 0.6 is 0 Å². The summed E-state index contributed by atoms with van der Waals surface area (Å²) in [6.45, 7) is 1.09. The zero-order valence-electron chi connectivity index (χ0n) is 12.2. The highest BCUT2D eigenvalue weighted by Gasteiger charge is 2.12. The van der Waals surface area contributed by atoms with E-state index in [-0.39, 0.29) is 5.75 Å². The largest absolute Gasteiger partial charge is 0.508 e. The molecule has 4 nitrogen and oxygen atoms in total. The fourth-order valence-corrected chi connectivity index (χ4v) is 2.64. The molecule has 21 heavy (non-hydrogen) atoms. The van der Waals surface area contributed by atoms with Crippen LogP contribution in [0.4, 0.5) is 4.39 Å². The standard InChI is InChI=1S/C16H18FN3O/c1-19(2)5-6-20-15-8-12(21)3-4-13(15)14-7-11(9-17)18-10-16(14)20/h3-4,7-8,10,21H,5-6,9H2,1-2H3. The minimum Gasteiger partial charge on any atom is -0.508 e. The van der Waals surface area contributed by atoms with Crippen molar-refractivity contribution in [3.8, 4) is 5.75 Å². The van der Waals surface area contributed by atoms with Crippen molar-refractivity contribution in [2.75, 3.05) is 20.6 Å². The van der Waals surface area contributed by atoms with Crippen LogP contribution in [0.2, 0.25) is 0 Å². The van der Waals surface area contributed by atoms with E-state index in [0.717, 1.165) is 34.9 Å². The van der Waals surface area contributed by atoms with Crippen LogP contribution < -0.4 is 0 Å². The molecule has 0 radical (unpaired) electrons. The monoisotopic (exact) mass is 287 g/mol. The summed E-state index contributed by atoms with van der Waals surface area (Å²) < 4.78 is 15.0. The molecule has 0 amide bonds. The maximum Gasteiger partial charge on any atom is 0.131 e. The topological polar surface area (TPSA) is 41.3 Å². The van der Waals surface area contributed by atoms with E-state index in [0.29, 0.717) is 5.69 Å². The Morgan fingerprint density at radius 3 is 2.71 bits per heavy atom. The summed E-state index contributed by atoms with van der Waals surface area (Å²) in [7, 11) is 4.04. The van der Waals surface area contributed by atoms with Crippen LogP contribution in [0.25, 0.3) is 21.8 Å². The van der Waals surface area contributed by atoms with Gasteiger partial charge in [0.1, 0.15) is 12.4 Å². The molecule has 0 saturated carbocycles. The van der Waals surface area contributed by atoms with Gasteiger partial charge in [-0.1, -0.05) is 0 Å². The van der Waals surface area contributed by atoms with Crippen molar-refractivity contribution < 1.29 is 9.50 Å². The summed E-state index contributed by atoms with van der Waals surface area (Å²) in [6, 6.07) is 7.08. The molecule has 110 valence electrons. The molecule has 0 spiro atoms. The lowest BCUT2D eigenvalue weighted by molar-refractivity contribution is 0.389. The molecule has 3 aromatic rings. The number of alkyl halides is 1. The number of halogens is 1. The lowest BCUT2D eigenvalue weighted by Crippen LogP contribution is -2.18. The SMILES string of the molecule is CN(C)CCn1c2cnc(CF)cc2c2ccc(O)cc21. The smallest absolute Gasteiger partial charge is 0.131 e. The molecule has 1 aromatic carbocycles. The van der Waals surface area contributed by atoms with Gasteiger partial charge in [0.15, 0.2) is 0 Å². The number of aromatic nitrogens is 2. The lowest BCUT2D eigenvalue weighted by Gasteiger charge is -2.12. The van der Waals surface area contributed by atoms with Crippen molar-refractivity contribution in [1.29, 1.82) is 0 Å². The molecule has 0 bridgehead atoms. The van der Waals surface area contributed by atoms with Crippen LogP contribution in [-0.2, 0) is 13.2 Å². The average molecular weight is 287 g/mol. The summed E-state index contributed by atoms with van der Waals surface area (Å²) in [5.41, 5.74) is 2.35. The Hall–Kier alpha value is -2.14. The minimum atomic E-state index is -0.571. The number of fused-ring (bicyclic) bond motifs is 3. The summed E-state index contributed by atoms with van der Waals surface area (Å²) in [6.07, 6.45) is 1.72. The first-order valence-corrected chi connectivity index (χ1v) is 6.90. The van der Waals surface area contributed by atoms with Gasteiger partial charge < -0.3 is 14.6 Å². The van der Waals surface area contributed by atoms with Crippen LogP contribution in [0.5, 0.6) is 5.75 Å². The third kappa shape index (κ3) is 2.45. The lowest BCUT2D eigenvalue weighted by atomic mass is 10.1. The number of phenolic OH excluding ortho intramolecular Hbond substituents is 1. The van der Waals surface area contributed by atoms with Crippen LogP contribution in [0.1, 0.15) is 5.69 Å². The first-order valence-electron chi connectivity index (χ1n) is 6.90. The van der Waals surface area contributed by atoms with Crippen molar-refractivity contribution >= 4 is 21.8 Å². The van der Waals surface area contributed by atoms with Gasteiger partial charge in [-0.3, -0.25) is 4.98 Å². The number of pyridine rings is 1. The Bertz CT molecular complexity index is 795. The molecule has 0 unspecified atom stereocenters. The van der Waals surface area contributed by atoms with E-state index < -0.39 is 6.67 Å². The van der Waals surface area contributed by atoms with Gasteiger partial charge in [-0.15, -0.1) is 0 Å². The Balaban J connectivity index is 2.27. The molecule has 1 N–H and O–H groups in total. The molecule has 0 fully saturated rings. The number of phenols is 1. The predicted octanol–water partition coefficient (Wildman–Crippen LogP) is 2.93. The Labute approximate surface area is 122 Å². The molecule has 0 saturated heterocycles. The van der Waals surface area contributed by atoms with E-state index in [2.05, 4.69) is 14.5 Å². The maximum absolute atomic E-state index is 12.9. The number of hydrogen-bond acceptors (Lipinski definition) is 3. The highest BCUT2D eigenvalue weighted by Crippen LogP contribution is 2.31. The zero-order chi connectivity index (χ0) is 15.0. The van der Waals surface area contributed by atoms with Crippen molar-refractivity contribution in [3.05, 3.63) is 36.2 Å². The van der Waals surface area contributed by atoms with E-state index in [9.17, 15) is 9.50 Å². The molecular formula is C16H18FN3O. The van der Waals surface area contributed by atoms with Crippen molar-refractivity contribution in [2.45, 2.75) is 13.2 Å². The van der Waals surface area contributed by atoms with Gasteiger partial charge in [0.2, 0.25) is 0 Å². The second-order valence-electron chi connectivity index (χ2n) is 5.48. The fourth-order valence-electron chi connectivity index (χ4n) is 2.64. The van der Waals surface area contributed by atoms with E-state index in [1.54, 1.807) is 24.4 Å². The van der Waals surface area contributed by atoms with E-state index in [4.69, 9.17) is 0 Å². The van der Waals surface area contributed by atoms with Gasteiger partial charge in [0.25, 0.3) is 0 Å². The van der Waals surface area contributed by atoms with Crippen LogP contribution in [0.3, 0.4) is 0 Å². The first-order chi connectivity index (χ1) is 10.1. The summed E-state index contributed by atoms with van der Waals surface area (Å²) >= 11 is 0. The second kappa shape index (κ2) is 5.33. The Kier molecular flexibility index (Phi) is 3.51. The van der Waals surface area contributed by atoms with Gasteiger partial charge in [0.05, 0.1) is 22.9 Å². The molecule has 0 atom stereocenters. The van der Waals surface area contributed by atoms with E-state index in [1.165, 1.54) is 0 Å². The number of benzene rings is 1. The maximum atomic E-state index is 12.9. The molecule has 2 heterocycles. The third-order valence-corrected chi connectivity index (χ3v) is 3.70. The molecule has 3 rings (SSSR count). The van der Waals surface area contributed by atoms with Gasteiger partial charge >= 0.3 is 0 Å². The minimum absolute atomic E-state index is 0.232. The van der Waals surface area contributed by atoms with Crippen LogP contribution in [0, 0.1) is 0 Å². The third-order valence-electron chi connectivity index (χ3n) is 3.70. The Morgan fingerprint density at radius 1 is 1.19 bits per heavy atom. The van der Waals surface area contributed by atoms with Crippen molar-refractivity contribution in [3.63, 3.8) is 0 Å². The first kappa shape index (κ1) is 13.8. The summed E-state index contributed by atoms with van der Waals surface area (Å²) in [4.78, 5) is 6.26. The molecule has 0 aliphatic carbocycles. The van der Waals surface area contributed by atoms with Crippen molar-refractivity contribution in [2.24, 2.45) is 0 Å². The number of hydrogen-bond donors (Lipinski definition) is 1. The summed E-state index contributed by atoms with van der Waals surface area (Å²) in [5.74, 6) is 0.232. The van der Waals surface area contributed by atoms with E-state index in [1.807, 2.05) is 20.2 Å². The number of rotatable bonds is 4. The van der Waals surface area contributed by atoms with Crippen molar-refractivity contribution in [1.82, 2.24) is 14.5 Å². The van der Waals surface area contributed by atoms with Gasteiger partial charge in [0, 0.05) is 29.9 Å². The Morgan fingerprint density at radius 2 is 2.00 bits per heavy atom. The highest BCUT2D eigenvalue weighted by atomic mass is 19.1.